The van der Waals surface area contributed by atoms with Crippen molar-refractivity contribution in [1.29, 1.82) is 0 Å². The second-order valence-corrected chi connectivity index (χ2v) is 4.36. The molecule has 1 heterocycles. The number of fused-ring (bicyclic) bond motifs is 1. The summed E-state index contributed by atoms with van der Waals surface area (Å²) < 4.78 is 0. The number of hydrogen-bond acceptors (Lipinski definition) is 5. The molecule has 2 unspecified atom stereocenters. The summed E-state index contributed by atoms with van der Waals surface area (Å²) in [5.74, 6) is 0.184. The SMILES string of the molecule is OC(CS)C(O)c1ccc2c(Cl)ncnc2c1. The standard InChI is InChI=1S/C11H11ClN2O2S/c12-11-7-2-1-6(10(16)9(15)4-17)3-8(7)13-5-14-11/h1-3,5,9-10,15-17H,4H2. The highest BCUT2D eigenvalue weighted by atomic mass is 35.5. The number of halogens is 1. The molecule has 0 aliphatic rings. The second-order valence-electron chi connectivity index (χ2n) is 3.64. The predicted molar refractivity (Wildman–Crippen MR) is 69.4 cm³/mol. The zero-order valence-electron chi connectivity index (χ0n) is 8.79. The van der Waals surface area contributed by atoms with Crippen molar-refractivity contribution >= 4 is 35.1 Å². The van der Waals surface area contributed by atoms with E-state index in [0.29, 0.717) is 21.6 Å². The van der Waals surface area contributed by atoms with Crippen molar-refractivity contribution in [3.63, 3.8) is 0 Å². The summed E-state index contributed by atoms with van der Waals surface area (Å²) in [6, 6.07) is 5.09. The van der Waals surface area contributed by atoms with E-state index in [0.717, 1.165) is 0 Å². The zero-order chi connectivity index (χ0) is 12.4. The molecular weight excluding hydrogens is 260 g/mol. The van der Waals surface area contributed by atoms with Crippen LogP contribution in [0.15, 0.2) is 24.5 Å². The Bertz CT molecular complexity index is 538. The van der Waals surface area contributed by atoms with Crippen molar-refractivity contribution < 1.29 is 10.2 Å². The summed E-state index contributed by atoms with van der Waals surface area (Å²) in [6.07, 6.45) is -0.533. The minimum atomic E-state index is -0.981. The molecular formula is C11H11ClN2O2S. The molecule has 0 saturated carbocycles. The quantitative estimate of drug-likeness (QED) is 0.586. The van der Waals surface area contributed by atoms with Crippen LogP contribution in [0.3, 0.4) is 0 Å². The molecule has 0 spiro atoms. The van der Waals surface area contributed by atoms with Crippen molar-refractivity contribution in [2.24, 2.45) is 0 Å². The molecule has 2 N–H and O–H groups in total. The Kier molecular flexibility index (Phi) is 3.83. The van der Waals surface area contributed by atoms with Gasteiger partial charge in [-0.05, 0) is 17.7 Å². The third-order valence-electron chi connectivity index (χ3n) is 2.50. The number of hydrogen-bond donors (Lipinski definition) is 3. The monoisotopic (exact) mass is 270 g/mol. The van der Waals surface area contributed by atoms with Crippen molar-refractivity contribution in [2.75, 3.05) is 5.75 Å². The minimum Gasteiger partial charge on any atom is -0.389 e. The first-order valence-electron chi connectivity index (χ1n) is 5.00. The Labute approximate surface area is 109 Å². The third-order valence-corrected chi connectivity index (χ3v) is 3.18. The molecule has 1 aromatic carbocycles. The van der Waals surface area contributed by atoms with Crippen LogP contribution in [0.4, 0.5) is 0 Å². The van der Waals surface area contributed by atoms with Crippen LogP contribution < -0.4 is 0 Å². The minimum absolute atomic E-state index is 0.184. The van der Waals surface area contributed by atoms with Crippen LogP contribution in [0.1, 0.15) is 11.7 Å². The first-order chi connectivity index (χ1) is 8.13. The first-order valence-corrected chi connectivity index (χ1v) is 6.01. The molecule has 6 heteroatoms. The van der Waals surface area contributed by atoms with E-state index in [9.17, 15) is 10.2 Å². The lowest BCUT2D eigenvalue weighted by Crippen LogP contribution is -2.19. The maximum absolute atomic E-state index is 9.84. The number of aromatic nitrogens is 2. The van der Waals surface area contributed by atoms with Gasteiger partial charge in [0.15, 0.2) is 0 Å². The van der Waals surface area contributed by atoms with Crippen LogP contribution in [0.5, 0.6) is 0 Å². The summed E-state index contributed by atoms with van der Waals surface area (Å²) in [5.41, 5.74) is 1.21. The van der Waals surface area contributed by atoms with E-state index in [-0.39, 0.29) is 5.75 Å². The predicted octanol–water partition coefficient (Wildman–Crippen LogP) is 1.61. The lowest BCUT2D eigenvalue weighted by atomic mass is 10.0. The first kappa shape index (κ1) is 12.6. The summed E-state index contributed by atoms with van der Waals surface area (Å²) in [4.78, 5) is 7.93. The highest BCUT2D eigenvalue weighted by molar-refractivity contribution is 7.80. The maximum atomic E-state index is 9.84. The van der Waals surface area contributed by atoms with E-state index in [2.05, 4.69) is 22.6 Å². The van der Waals surface area contributed by atoms with Crippen LogP contribution in [-0.2, 0) is 0 Å². The average Bonchev–Trinajstić information content (AvgIpc) is 2.37. The average molecular weight is 271 g/mol. The topological polar surface area (TPSA) is 66.2 Å². The van der Waals surface area contributed by atoms with Gasteiger partial charge in [-0.1, -0.05) is 17.7 Å². The fraction of sp³-hybridized carbons (Fsp3) is 0.273. The van der Waals surface area contributed by atoms with Crippen molar-refractivity contribution in [1.82, 2.24) is 9.97 Å². The Morgan fingerprint density at radius 2 is 2.06 bits per heavy atom. The molecule has 1 aromatic heterocycles. The lowest BCUT2D eigenvalue weighted by Gasteiger charge is -2.16. The van der Waals surface area contributed by atoms with Crippen LogP contribution >= 0.6 is 24.2 Å². The Morgan fingerprint density at radius 1 is 1.29 bits per heavy atom. The van der Waals surface area contributed by atoms with Crippen molar-refractivity contribution in [3.8, 4) is 0 Å². The molecule has 0 aliphatic heterocycles. The van der Waals surface area contributed by atoms with Gasteiger partial charge in [-0.2, -0.15) is 12.6 Å². The van der Waals surface area contributed by atoms with E-state index in [1.807, 2.05) is 0 Å². The maximum Gasteiger partial charge on any atom is 0.140 e. The van der Waals surface area contributed by atoms with E-state index >= 15 is 0 Å². The van der Waals surface area contributed by atoms with Gasteiger partial charge in [-0.3, -0.25) is 0 Å². The number of aliphatic hydroxyl groups is 2. The third kappa shape index (κ3) is 2.52. The smallest absolute Gasteiger partial charge is 0.140 e. The van der Waals surface area contributed by atoms with Gasteiger partial charge in [-0.15, -0.1) is 0 Å². The molecule has 0 radical (unpaired) electrons. The molecule has 17 heavy (non-hydrogen) atoms. The molecule has 0 saturated heterocycles. The lowest BCUT2D eigenvalue weighted by molar-refractivity contribution is 0.0338. The molecule has 2 atom stereocenters. The summed E-state index contributed by atoms with van der Waals surface area (Å²) >= 11 is 9.84. The van der Waals surface area contributed by atoms with Crippen molar-refractivity contribution in [3.05, 3.63) is 35.2 Å². The summed E-state index contributed by atoms with van der Waals surface area (Å²) in [6.45, 7) is 0. The Balaban J connectivity index is 2.45. The van der Waals surface area contributed by atoms with E-state index in [1.165, 1.54) is 6.33 Å². The van der Waals surface area contributed by atoms with Gasteiger partial charge in [-0.25, -0.2) is 9.97 Å². The van der Waals surface area contributed by atoms with Crippen LogP contribution in [-0.4, -0.2) is 32.0 Å². The number of rotatable bonds is 3. The molecule has 0 bridgehead atoms. The molecule has 2 rings (SSSR count). The normalized spacial score (nSPS) is 14.8. The van der Waals surface area contributed by atoms with E-state index in [4.69, 9.17) is 11.6 Å². The Hall–Kier alpha value is -0.880. The van der Waals surface area contributed by atoms with Gasteiger partial charge in [0.25, 0.3) is 0 Å². The zero-order valence-corrected chi connectivity index (χ0v) is 10.4. The fourth-order valence-corrected chi connectivity index (χ4v) is 1.95. The number of aliphatic hydroxyl groups excluding tert-OH is 2. The second kappa shape index (κ2) is 5.18. The molecule has 90 valence electrons. The molecule has 4 nitrogen and oxygen atoms in total. The fourth-order valence-electron chi connectivity index (χ4n) is 1.55. The van der Waals surface area contributed by atoms with Gasteiger partial charge < -0.3 is 10.2 Å². The molecule has 0 aliphatic carbocycles. The summed E-state index contributed by atoms with van der Waals surface area (Å²) in [7, 11) is 0. The van der Waals surface area contributed by atoms with Gasteiger partial charge >= 0.3 is 0 Å². The number of benzene rings is 1. The summed E-state index contributed by atoms with van der Waals surface area (Å²) in [5, 5.41) is 20.4. The van der Waals surface area contributed by atoms with Crippen molar-refractivity contribution in [2.45, 2.75) is 12.2 Å². The molecule has 0 amide bonds. The van der Waals surface area contributed by atoms with E-state index < -0.39 is 12.2 Å². The molecule has 0 fully saturated rings. The highest BCUT2D eigenvalue weighted by Crippen LogP contribution is 2.24. The van der Waals surface area contributed by atoms with Crippen LogP contribution in [0.25, 0.3) is 10.9 Å². The number of nitrogens with zero attached hydrogens (tertiary/aromatic N) is 2. The molecule has 2 aromatic rings. The number of thiol groups is 1. The largest absolute Gasteiger partial charge is 0.389 e. The highest BCUT2D eigenvalue weighted by Gasteiger charge is 2.17. The van der Waals surface area contributed by atoms with E-state index in [1.54, 1.807) is 18.2 Å². The van der Waals surface area contributed by atoms with Crippen LogP contribution in [0, 0.1) is 0 Å². The Morgan fingerprint density at radius 3 is 2.76 bits per heavy atom. The van der Waals surface area contributed by atoms with Gasteiger partial charge in [0, 0.05) is 11.1 Å². The van der Waals surface area contributed by atoms with Crippen LogP contribution in [0.2, 0.25) is 5.15 Å². The van der Waals surface area contributed by atoms with Gasteiger partial charge in [0.2, 0.25) is 0 Å². The van der Waals surface area contributed by atoms with Gasteiger partial charge in [0.05, 0.1) is 11.6 Å². The van der Waals surface area contributed by atoms with Gasteiger partial charge in [0.1, 0.15) is 17.6 Å².